The van der Waals surface area contributed by atoms with Crippen molar-refractivity contribution in [2.24, 2.45) is 0 Å². The molecule has 2 heterocycles. The zero-order valence-corrected chi connectivity index (χ0v) is 28.1. The fourth-order valence-electron chi connectivity index (χ4n) is 7.11. The van der Waals surface area contributed by atoms with Crippen LogP contribution in [0.4, 0.5) is 5.69 Å². The van der Waals surface area contributed by atoms with Crippen LogP contribution in [0.15, 0.2) is 42.5 Å². The van der Waals surface area contributed by atoms with Gasteiger partial charge in [0.05, 0.1) is 12.7 Å². The number of likely N-dealkylation sites (tertiary alicyclic amines) is 1. The van der Waals surface area contributed by atoms with Crippen LogP contribution in [-0.2, 0) is 20.9 Å². The number of aliphatic hydroxyl groups is 1. The van der Waals surface area contributed by atoms with Crippen molar-refractivity contribution >= 4 is 35.8 Å². The van der Waals surface area contributed by atoms with E-state index in [-0.39, 0.29) is 30.1 Å². The van der Waals surface area contributed by atoms with Crippen LogP contribution >= 0.6 is 12.4 Å². The first-order valence-corrected chi connectivity index (χ1v) is 16.4. The molecule has 2 aliphatic heterocycles. The molecule has 3 N–H and O–H groups in total. The number of benzene rings is 2. The van der Waals surface area contributed by atoms with Gasteiger partial charge < -0.3 is 30.1 Å². The zero-order chi connectivity index (χ0) is 32.0. The average molecular weight is 657 g/mol. The fourth-order valence-corrected chi connectivity index (χ4v) is 7.11. The summed E-state index contributed by atoms with van der Waals surface area (Å²) in [6.07, 6.45) is 7.68. The Kier molecular flexibility index (Phi) is 12.0. The number of anilines is 1. The maximum Gasteiger partial charge on any atom is 0.246 e. The van der Waals surface area contributed by atoms with Gasteiger partial charge in [0.25, 0.3) is 0 Å². The van der Waals surface area contributed by atoms with Crippen LogP contribution in [0.5, 0.6) is 17.2 Å². The standard InChI is InChI=1S/C35H48N4O6.ClH/c1-4-5-19-39-32(41)29(23-34(43)15-7-6-8-16-34)37-33(42)35(39)17-20-38(21-18-35)24-26-9-12-28(13-10-26)45-30-14-11-27(36-25(2)40)22-31(30)44-3;/h9-14,22,29,43H,4-8,15-21,23-24H2,1-3H3,(H,36,40)(H,37,42);1H/t29-;/m1./s1. The van der Waals surface area contributed by atoms with Gasteiger partial charge in [-0.05, 0) is 61.9 Å². The normalized spacial score (nSPS) is 20.9. The van der Waals surface area contributed by atoms with E-state index < -0.39 is 17.2 Å². The molecule has 0 radical (unpaired) electrons. The number of nitrogens with zero attached hydrogens (tertiary/aromatic N) is 2. The van der Waals surface area contributed by atoms with E-state index in [1.807, 2.05) is 29.2 Å². The van der Waals surface area contributed by atoms with E-state index in [1.54, 1.807) is 25.3 Å². The van der Waals surface area contributed by atoms with Crippen molar-refractivity contribution < 1.29 is 29.0 Å². The number of hydrogen-bond acceptors (Lipinski definition) is 7. The lowest BCUT2D eigenvalue weighted by Gasteiger charge is -2.52. The number of hydrogen-bond donors (Lipinski definition) is 3. The Labute approximate surface area is 278 Å². The molecule has 3 fully saturated rings. The first-order chi connectivity index (χ1) is 21.6. The molecule has 0 bridgehead atoms. The van der Waals surface area contributed by atoms with Gasteiger partial charge in [-0.15, -0.1) is 12.4 Å². The third kappa shape index (κ3) is 8.14. The van der Waals surface area contributed by atoms with E-state index in [1.165, 1.54) is 6.92 Å². The Hall–Kier alpha value is -3.34. The highest BCUT2D eigenvalue weighted by molar-refractivity contribution is 6.00. The molecule has 10 nitrogen and oxygen atoms in total. The number of nitrogens with one attached hydrogen (secondary N) is 2. The number of halogens is 1. The summed E-state index contributed by atoms with van der Waals surface area (Å²) in [6, 6.07) is 12.5. The number of rotatable bonds is 11. The maximum atomic E-state index is 13.9. The average Bonchev–Trinajstić information content (AvgIpc) is 3.02. The number of carbonyl (C=O) groups excluding carboxylic acids is 3. The van der Waals surface area contributed by atoms with Crippen LogP contribution in [0.2, 0.25) is 0 Å². The second-order valence-electron chi connectivity index (χ2n) is 13.0. The summed E-state index contributed by atoms with van der Waals surface area (Å²) in [7, 11) is 1.56. The summed E-state index contributed by atoms with van der Waals surface area (Å²) in [5.74, 6) is 1.47. The first-order valence-electron chi connectivity index (χ1n) is 16.4. The highest BCUT2D eigenvalue weighted by Crippen LogP contribution is 2.38. The van der Waals surface area contributed by atoms with Gasteiger partial charge >= 0.3 is 0 Å². The molecule has 0 aromatic heterocycles. The zero-order valence-electron chi connectivity index (χ0n) is 27.3. The minimum atomic E-state index is -0.874. The predicted molar refractivity (Wildman–Crippen MR) is 180 cm³/mol. The van der Waals surface area contributed by atoms with Gasteiger partial charge in [0.15, 0.2) is 11.5 Å². The van der Waals surface area contributed by atoms with Crippen molar-refractivity contribution in [3.8, 4) is 17.2 Å². The van der Waals surface area contributed by atoms with Crippen LogP contribution in [0.25, 0.3) is 0 Å². The molecule has 252 valence electrons. The molecule has 2 aromatic carbocycles. The Bertz CT molecular complexity index is 1360. The Balaban J connectivity index is 0.00000480. The van der Waals surface area contributed by atoms with Gasteiger partial charge in [0.1, 0.15) is 17.3 Å². The van der Waals surface area contributed by atoms with E-state index in [9.17, 15) is 19.5 Å². The number of methoxy groups -OCH3 is 1. The van der Waals surface area contributed by atoms with Gasteiger partial charge in [0.2, 0.25) is 17.7 Å². The minimum absolute atomic E-state index is 0. The first kappa shape index (κ1) is 35.5. The molecule has 2 aromatic rings. The number of carbonyl (C=O) groups is 3. The molecule has 1 spiro atoms. The number of amides is 3. The number of ether oxygens (including phenoxy) is 2. The monoisotopic (exact) mass is 656 g/mol. The van der Waals surface area contributed by atoms with Crippen molar-refractivity contribution in [2.75, 3.05) is 32.1 Å². The lowest BCUT2D eigenvalue weighted by Crippen LogP contribution is -2.73. The highest BCUT2D eigenvalue weighted by Gasteiger charge is 2.54. The quantitative estimate of drug-likeness (QED) is 0.296. The SMILES string of the molecule is CCCCN1C(=O)[C@@H](CC2(O)CCCCC2)NC(=O)C12CCN(Cc1ccc(Oc3ccc(NC(C)=O)cc3OC)cc1)CC2.Cl. The van der Waals surface area contributed by atoms with Gasteiger partial charge in [-0.2, -0.15) is 0 Å². The minimum Gasteiger partial charge on any atom is -0.493 e. The van der Waals surface area contributed by atoms with Gasteiger partial charge in [0, 0.05) is 51.3 Å². The summed E-state index contributed by atoms with van der Waals surface area (Å²) in [5.41, 5.74) is 0.0489. The van der Waals surface area contributed by atoms with Crippen LogP contribution < -0.4 is 20.1 Å². The molecule has 2 saturated heterocycles. The molecule has 11 heteroatoms. The molecule has 1 saturated carbocycles. The third-order valence-electron chi connectivity index (χ3n) is 9.64. The summed E-state index contributed by atoms with van der Waals surface area (Å²) in [5, 5.41) is 17.0. The van der Waals surface area contributed by atoms with Gasteiger partial charge in [-0.1, -0.05) is 44.7 Å². The molecule has 5 rings (SSSR count). The van der Waals surface area contributed by atoms with Crippen molar-refractivity contribution in [2.45, 2.75) is 102 Å². The van der Waals surface area contributed by atoms with Crippen LogP contribution in [0.3, 0.4) is 0 Å². The molecule has 46 heavy (non-hydrogen) atoms. The molecule has 3 aliphatic rings. The van der Waals surface area contributed by atoms with Crippen molar-refractivity contribution in [1.82, 2.24) is 15.1 Å². The van der Waals surface area contributed by atoms with Gasteiger partial charge in [-0.3, -0.25) is 19.3 Å². The van der Waals surface area contributed by atoms with E-state index >= 15 is 0 Å². The second kappa shape index (κ2) is 15.5. The summed E-state index contributed by atoms with van der Waals surface area (Å²) in [4.78, 5) is 43.2. The predicted octanol–water partition coefficient (Wildman–Crippen LogP) is 5.41. The van der Waals surface area contributed by atoms with Gasteiger partial charge in [-0.25, -0.2) is 0 Å². The molecule has 1 aliphatic carbocycles. The second-order valence-corrected chi connectivity index (χ2v) is 13.0. The largest absolute Gasteiger partial charge is 0.493 e. The van der Waals surface area contributed by atoms with Crippen LogP contribution in [0, 0.1) is 0 Å². The van der Waals surface area contributed by atoms with E-state index in [0.717, 1.165) is 44.2 Å². The molecular weight excluding hydrogens is 608 g/mol. The van der Waals surface area contributed by atoms with E-state index in [4.69, 9.17) is 9.47 Å². The number of piperidine rings is 1. The molecule has 1 atom stereocenters. The maximum absolute atomic E-state index is 13.9. The number of piperazine rings is 1. The van der Waals surface area contributed by atoms with E-state index in [0.29, 0.717) is 74.7 Å². The molecule has 3 amide bonds. The lowest BCUT2D eigenvalue weighted by molar-refractivity contribution is -0.163. The summed E-state index contributed by atoms with van der Waals surface area (Å²) in [6.45, 7) is 6.26. The smallest absolute Gasteiger partial charge is 0.246 e. The summed E-state index contributed by atoms with van der Waals surface area (Å²) >= 11 is 0. The Morgan fingerprint density at radius 3 is 2.35 bits per heavy atom. The Morgan fingerprint density at radius 2 is 1.72 bits per heavy atom. The van der Waals surface area contributed by atoms with Crippen molar-refractivity contribution in [3.63, 3.8) is 0 Å². The lowest BCUT2D eigenvalue weighted by atomic mass is 9.77. The molecular formula is C35H49ClN4O6. The van der Waals surface area contributed by atoms with Crippen molar-refractivity contribution in [1.29, 1.82) is 0 Å². The van der Waals surface area contributed by atoms with Crippen molar-refractivity contribution in [3.05, 3.63) is 48.0 Å². The Morgan fingerprint density at radius 1 is 1.02 bits per heavy atom. The summed E-state index contributed by atoms with van der Waals surface area (Å²) < 4.78 is 11.5. The van der Waals surface area contributed by atoms with Crippen LogP contribution in [-0.4, -0.2) is 76.6 Å². The molecule has 0 unspecified atom stereocenters. The fraction of sp³-hybridized carbons (Fsp3) is 0.571. The number of unbranched alkanes of at least 4 members (excludes halogenated alkanes) is 1. The topological polar surface area (TPSA) is 120 Å². The highest BCUT2D eigenvalue weighted by atomic mass is 35.5. The van der Waals surface area contributed by atoms with Crippen LogP contribution in [0.1, 0.15) is 83.6 Å². The third-order valence-corrected chi connectivity index (χ3v) is 9.64. The van der Waals surface area contributed by atoms with E-state index in [2.05, 4.69) is 22.5 Å².